The number of hydrogen-bond acceptors (Lipinski definition) is 5. The average molecular weight is 280 g/mol. The van der Waals surface area contributed by atoms with Crippen LogP contribution in [0, 0.1) is 0 Å². The van der Waals surface area contributed by atoms with Gasteiger partial charge in [-0.25, -0.2) is 14.4 Å². The number of ether oxygens (including phenoxy) is 2. The van der Waals surface area contributed by atoms with Gasteiger partial charge in [-0.15, -0.1) is 0 Å². The number of carboxylic acid groups (broad SMARTS) is 1. The predicted octanol–water partition coefficient (Wildman–Crippen LogP) is 1.91. The summed E-state index contributed by atoms with van der Waals surface area (Å²) in [6.45, 7) is 5.38. The maximum atomic E-state index is 11.1. The molecule has 0 aromatic heterocycles. The molecule has 0 saturated carbocycles. The molecule has 6 heteroatoms. The number of hydrogen-bond donors (Lipinski definition) is 1. The molecule has 0 aliphatic carbocycles. The minimum Gasteiger partial charge on any atom is -0.478 e. The fourth-order valence-corrected chi connectivity index (χ4v) is 1.16. The lowest BCUT2D eigenvalue weighted by molar-refractivity contribution is -0.137. The molecule has 6 nitrogen and oxygen atoms in total. The number of benzene rings is 1. The van der Waals surface area contributed by atoms with Crippen LogP contribution in [0.25, 0.3) is 0 Å². The van der Waals surface area contributed by atoms with E-state index in [4.69, 9.17) is 5.11 Å². The largest absolute Gasteiger partial charge is 0.478 e. The third-order valence-corrected chi connectivity index (χ3v) is 2.02. The van der Waals surface area contributed by atoms with Crippen molar-refractivity contribution >= 4 is 17.9 Å². The Labute approximate surface area is 116 Å². The molecule has 0 bridgehead atoms. The van der Waals surface area contributed by atoms with Crippen LogP contribution in [0.5, 0.6) is 0 Å². The van der Waals surface area contributed by atoms with Gasteiger partial charge in [-0.05, 0) is 19.1 Å². The Morgan fingerprint density at radius 1 is 1.25 bits per heavy atom. The third kappa shape index (κ3) is 5.81. The second-order valence-corrected chi connectivity index (χ2v) is 3.30. The van der Waals surface area contributed by atoms with E-state index in [-0.39, 0.29) is 17.1 Å². The number of carboxylic acids is 1. The summed E-state index contributed by atoms with van der Waals surface area (Å²) in [7, 11) is 1.21. The molecule has 0 amide bonds. The predicted molar refractivity (Wildman–Crippen MR) is 71.6 cm³/mol. The Morgan fingerprint density at radius 2 is 1.80 bits per heavy atom. The van der Waals surface area contributed by atoms with Crippen LogP contribution in [0.2, 0.25) is 0 Å². The Morgan fingerprint density at radius 3 is 2.15 bits per heavy atom. The number of esters is 2. The molecule has 0 spiro atoms. The van der Waals surface area contributed by atoms with E-state index in [1.54, 1.807) is 19.1 Å². The first-order chi connectivity index (χ1) is 9.47. The van der Waals surface area contributed by atoms with Gasteiger partial charge in [0.15, 0.2) is 0 Å². The van der Waals surface area contributed by atoms with E-state index < -0.39 is 11.9 Å². The topological polar surface area (TPSA) is 89.9 Å². The first-order valence-electron chi connectivity index (χ1n) is 5.67. The summed E-state index contributed by atoms with van der Waals surface area (Å²) in [6, 6.07) is 5.90. The van der Waals surface area contributed by atoms with Gasteiger partial charge in [-0.1, -0.05) is 18.7 Å². The van der Waals surface area contributed by atoms with Crippen molar-refractivity contribution in [3.63, 3.8) is 0 Å². The minimum absolute atomic E-state index is 0.0469. The Hall–Kier alpha value is -2.63. The average Bonchev–Trinajstić information content (AvgIpc) is 2.47. The smallest absolute Gasteiger partial charge is 0.338 e. The molecule has 0 fully saturated rings. The van der Waals surface area contributed by atoms with Crippen molar-refractivity contribution in [1.82, 2.24) is 0 Å². The van der Waals surface area contributed by atoms with Crippen LogP contribution in [-0.2, 0) is 14.3 Å². The molecular weight excluding hydrogens is 264 g/mol. The molecule has 1 aromatic rings. The van der Waals surface area contributed by atoms with Crippen molar-refractivity contribution in [2.45, 2.75) is 6.92 Å². The number of carbonyl (C=O) groups excluding carboxylic acids is 2. The zero-order valence-electron chi connectivity index (χ0n) is 11.3. The lowest BCUT2D eigenvalue weighted by Gasteiger charge is -2.02. The summed E-state index contributed by atoms with van der Waals surface area (Å²) in [5, 5.41) is 8.70. The van der Waals surface area contributed by atoms with Gasteiger partial charge in [0.25, 0.3) is 0 Å². The van der Waals surface area contributed by atoms with Gasteiger partial charge >= 0.3 is 17.9 Å². The maximum Gasteiger partial charge on any atom is 0.338 e. The molecule has 0 atom stereocenters. The Kier molecular flexibility index (Phi) is 8.09. The summed E-state index contributed by atoms with van der Waals surface area (Å²) >= 11 is 0. The molecule has 0 saturated heterocycles. The second kappa shape index (κ2) is 9.32. The molecule has 1 aromatic carbocycles. The third-order valence-electron chi connectivity index (χ3n) is 2.02. The van der Waals surface area contributed by atoms with Crippen molar-refractivity contribution in [3.8, 4) is 0 Å². The zero-order valence-corrected chi connectivity index (χ0v) is 11.3. The van der Waals surface area contributed by atoms with E-state index in [1.165, 1.54) is 19.2 Å². The van der Waals surface area contributed by atoms with Gasteiger partial charge in [0.2, 0.25) is 0 Å². The molecule has 0 radical (unpaired) electrons. The monoisotopic (exact) mass is 280 g/mol. The quantitative estimate of drug-likeness (QED) is 0.669. The summed E-state index contributed by atoms with van der Waals surface area (Å²) in [5.74, 6) is -2.14. The highest BCUT2D eigenvalue weighted by Crippen LogP contribution is 2.09. The fourth-order valence-electron chi connectivity index (χ4n) is 1.16. The van der Waals surface area contributed by atoms with Crippen LogP contribution in [0.15, 0.2) is 36.9 Å². The van der Waals surface area contributed by atoms with Crippen LogP contribution in [-0.4, -0.2) is 36.7 Å². The SMILES string of the molecule is C=CC(=O)OCC.COC(=O)c1ccccc1C(=O)O. The molecular formula is C14H16O6. The van der Waals surface area contributed by atoms with Crippen molar-refractivity contribution in [1.29, 1.82) is 0 Å². The molecule has 0 aliphatic heterocycles. The number of carbonyl (C=O) groups is 3. The van der Waals surface area contributed by atoms with Crippen LogP contribution < -0.4 is 0 Å². The van der Waals surface area contributed by atoms with Gasteiger partial charge in [0.1, 0.15) is 0 Å². The standard InChI is InChI=1S/C9H8O4.C5H8O2/c1-13-9(12)7-5-3-2-4-6(7)8(10)11;1-3-5(6)7-4-2/h2-5H,1H3,(H,10,11);3H,1,4H2,2H3. The summed E-state index contributed by atoms with van der Waals surface area (Å²) < 4.78 is 8.86. The highest BCUT2D eigenvalue weighted by Gasteiger charge is 2.15. The van der Waals surface area contributed by atoms with Gasteiger partial charge in [-0.3, -0.25) is 0 Å². The summed E-state index contributed by atoms with van der Waals surface area (Å²) in [6.07, 6.45) is 1.14. The second-order valence-electron chi connectivity index (χ2n) is 3.30. The molecule has 0 aliphatic rings. The summed E-state index contributed by atoms with van der Waals surface area (Å²) in [4.78, 5) is 31.8. The zero-order chi connectivity index (χ0) is 15.5. The molecule has 1 N–H and O–H groups in total. The van der Waals surface area contributed by atoms with E-state index in [2.05, 4.69) is 16.1 Å². The maximum absolute atomic E-state index is 11.1. The van der Waals surface area contributed by atoms with E-state index in [0.717, 1.165) is 6.08 Å². The number of methoxy groups -OCH3 is 1. The van der Waals surface area contributed by atoms with Crippen LogP contribution >= 0.6 is 0 Å². The van der Waals surface area contributed by atoms with Crippen LogP contribution in [0.4, 0.5) is 0 Å². The first kappa shape index (κ1) is 17.4. The van der Waals surface area contributed by atoms with Gasteiger partial charge in [-0.2, -0.15) is 0 Å². The Bertz CT molecular complexity index is 492. The highest BCUT2D eigenvalue weighted by molar-refractivity contribution is 6.02. The van der Waals surface area contributed by atoms with Gasteiger partial charge in [0.05, 0.1) is 24.8 Å². The van der Waals surface area contributed by atoms with Crippen LogP contribution in [0.1, 0.15) is 27.6 Å². The number of aromatic carboxylic acids is 1. The highest BCUT2D eigenvalue weighted by atomic mass is 16.5. The molecule has 1 rings (SSSR count). The molecule has 108 valence electrons. The van der Waals surface area contributed by atoms with Crippen molar-refractivity contribution in [3.05, 3.63) is 48.0 Å². The Balaban J connectivity index is 0.000000441. The fraction of sp³-hybridized carbons (Fsp3) is 0.214. The van der Waals surface area contributed by atoms with E-state index in [0.29, 0.717) is 6.61 Å². The lowest BCUT2D eigenvalue weighted by Crippen LogP contribution is -2.09. The van der Waals surface area contributed by atoms with E-state index in [9.17, 15) is 14.4 Å². The molecule has 0 heterocycles. The minimum atomic E-state index is -1.14. The van der Waals surface area contributed by atoms with E-state index >= 15 is 0 Å². The lowest BCUT2D eigenvalue weighted by atomic mass is 10.1. The van der Waals surface area contributed by atoms with Crippen LogP contribution in [0.3, 0.4) is 0 Å². The normalized spacial score (nSPS) is 8.70. The van der Waals surface area contributed by atoms with Crippen molar-refractivity contribution in [2.75, 3.05) is 13.7 Å². The van der Waals surface area contributed by atoms with Crippen molar-refractivity contribution < 1.29 is 29.0 Å². The summed E-state index contributed by atoms with van der Waals surface area (Å²) in [5.41, 5.74) is 0.0202. The number of rotatable bonds is 4. The molecule has 20 heavy (non-hydrogen) atoms. The van der Waals surface area contributed by atoms with E-state index in [1.807, 2.05) is 0 Å². The first-order valence-corrected chi connectivity index (χ1v) is 5.67. The van der Waals surface area contributed by atoms with Crippen molar-refractivity contribution in [2.24, 2.45) is 0 Å². The molecule has 0 unspecified atom stereocenters. The van der Waals surface area contributed by atoms with Gasteiger partial charge < -0.3 is 14.6 Å². The van der Waals surface area contributed by atoms with Gasteiger partial charge in [0, 0.05) is 6.08 Å².